The highest BCUT2D eigenvalue weighted by molar-refractivity contribution is 6.34. The Labute approximate surface area is 202 Å². The van der Waals surface area contributed by atoms with Gasteiger partial charge in [-0.05, 0) is 31.4 Å². The van der Waals surface area contributed by atoms with Gasteiger partial charge in [-0.1, -0.05) is 48.0 Å². The summed E-state index contributed by atoms with van der Waals surface area (Å²) in [7, 11) is 0. The third-order valence-corrected chi connectivity index (χ3v) is 7.39. The largest absolute Gasteiger partial charge is 0.465 e. The van der Waals surface area contributed by atoms with Gasteiger partial charge in [0.2, 0.25) is 5.91 Å². The summed E-state index contributed by atoms with van der Waals surface area (Å²) in [6.45, 7) is 0.749. The molecule has 0 saturated carbocycles. The van der Waals surface area contributed by atoms with E-state index in [4.69, 9.17) is 21.1 Å². The quantitative estimate of drug-likeness (QED) is 0.389. The topological polar surface area (TPSA) is 96.4 Å². The maximum atomic E-state index is 14.1. The van der Waals surface area contributed by atoms with Gasteiger partial charge >= 0.3 is 5.97 Å². The van der Waals surface area contributed by atoms with Crippen LogP contribution in [-0.2, 0) is 23.9 Å². The standard InChI is InChI=1S/C25H27ClN2O6/c26-16-8-1-2-9-17(16)27-13-7-11-25-20(19-18(34-25)10-3-6-15-33-24(19)32)22(30)28(12-4-5-14-29)21(25)23(27)31/h1-3,7-11,18-21,29H,4-6,12-15H2/t18-,19+,20-,21?,25-/m0/s1. The number of likely N-dealkylation sites (tertiary alicyclic amines) is 1. The number of anilines is 1. The number of fused-ring (bicyclic) bond motifs is 2. The second-order valence-electron chi connectivity index (χ2n) is 8.99. The number of unbranched alkanes of at least 4 members (excludes halogenated alkanes) is 1. The first-order valence-electron chi connectivity index (χ1n) is 11.7. The molecule has 34 heavy (non-hydrogen) atoms. The number of carbonyl (C=O) groups excluding carboxylic acids is 3. The summed E-state index contributed by atoms with van der Waals surface area (Å²) in [5.41, 5.74) is -0.753. The molecule has 8 nitrogen and oxygen atoms in total. The van der Waals surface area contributed by atoms with Crippen molar-refractivity contribution in [2.45, 2.75) is 37.0 Å². The molecule has 0 radical (unpaired) electrons. The first-order chi connectivity index (χ1) is 16.5. The second kappa shape index (κ2) is 9.17. The molecule has 9 heteroatoms. The average Bonchev–Trinajstić information content (AvgIpc) is 3.18. The number of halogens is 1. The van der Waals surface area contributed by atoms with E-state index in [2.05, 4.69) is 0 Å². The molecular weight excluding hydrogens is 460 g/mol. The van der Waals surface area contributed by atoms with Gasteiger partial charge in [-0.25, -0.2) is 0 Å². The van der Waals surface area contributed by atoms with Crippen molar-refractivity contribution in [1.82, 2.24) is 4.90 Å². The van der Waals surface area contributed by atoms with Gasteiger partial charge in [0.1, 0.15) is 17.6 Å². The normalized spacial score (nSPS) is 32.6. The van der Waals surface area contributed by atoms with Gasteiger partial charge in [0.25, 0.3) is 5.91 Å². The monoisotopic (exact) mass is 486 g/mol. The van der Waals surface area contributed by atoms with E-state index >= 15 is 0 Å². The minimum absolute atomic E-state index is 0.0147. The van der Waals surface area contributed by atoms with Crippen LogP contribution in [0.3, 0.4) is 0 Å². The van der Waals surface area contributed by atoms with E-state index in [-0.39, 0.29) is 38.1 Å². The minimum Gasteiger partial charge on any atom is -0.465 e. The molecule has 180 valence electrons. The summed E-state index contributed by atoms with van der Waals surface area (Å²) in [5.74, 6) is -2.81. The van der Waals surface area contributed by atoms with Crippen LogP contribution in [0.2, 0.25) is 5.02 Å². The second-order valence-corrected chi connectivity index (χ2v) is 9.40. The van der Waals surface area contributed by atoms with Crippen LogP contribution in [0.4, 0.5) is 5.69 Å². The highest BCUT2D eigenvalue weighted by Gasteiger charge is 2.71. The molecule has 1 unspecified atom stereocenters. The van der Waals surface area contributed by atoms with E-state index in [9.17, 15) is 19.5 Å². The molecule has 1 spiro atoms. The predicted molar refractivity (Wildman–Crippen MR) is 124 cm³/mol. The summed E-state index contributed by atoms with van der Waals surface area (Å²) in [5, 5.41) is 9.69. The number of aliphatic hydroxyl groups excluding tert-OH is 1. The molecule has 2 amide bonds. The van der Waals surface area contributed by atoms with Crippen LogP contribution in [0.25, 0.3) is 0 Å². The van der Waals surface area contributed by atoms with Crippen molar-refractivity contribution in [3.63, 3.8) is 0 Å². The highest BCUT2D eigenvalue weighted by Crippen LogP contribution is 2.53. The molecule has 4 aliphatic heterocycles. The number of cyclic esters (lactones) is 1. The van der Waals surface area contributed by atoms with Crippen LogP contribution in [-0.4, -0.2) is 71.8 Å². The number of rotatable bonds is 5. The molecule has 0 aromatic heterocycles. The average molecular weight is 487 g/mol. The number of esters is 1. The smallest absolute Gasteiger partial charge is 0.312 e. The van der Waals surface area contributed by atoms with Crippen LogP contribution in [0, 0.1) is 11.8 Å². The fraction of sp³-hybridized carbons (Fsp3) is 0.480. The molecule has 1 N–H and O–H groups in total. The van der Waals surface area contributed by atoms with Gasteiger partial charge in [0.05, 0.1) is 29.3 Å². The van der Waals surface area contributed by atoms with E-state index in [1.165, 1.54) is 4.90 Å². The van der Waals surface area contributed by atoms with E-state index in [1.54, 1.807) is 35.2 Å². The van der Waals surface area contributed by atoms with Gasteiger partial charge in [-0.3, -0.25) is 14.4 Å². The van der Waals surface area contributed by atoms with Gasteiger partial charge in [0.15, 0.2) is 0 Å². The van der Waals surface area contributed by atoms with E-state index in [1.807, 2.05) is 18.2 Å². The Bertz CT molecular complexity index is 1060. The number of hydrogen-bond donors (Lipinski definition) is 1. The number of carbonyl (C=O) groups is 3. The van der Waals surface area contributed by atoms with Crippen molar-refractivity contribution >= 4 is 35.1 Å². The first-order valence-corrected chi connectivity index (χ1v) is 12.0. The van der Waals surface area contributed by atoms with Crippen molar-refractivity contribution < 1.29 is 29.0 Å². The fourth-order valence-electron chi connectivity index (χ4n) is 5.63. The van der Waals surface area contributed by atoms with E-state index in [0.29, 0.717) is 30.0 Å². The third kappa shape index (κ3) is 3.56. The summed E-state index contributed by atoms with van der Waals surface area (Å²) in [6, 6.07) is 6.10. The minimum atomic E-state index is -1.30. The lowest BCUT2D eigenvalue weighted by Gasteiger charge is -2.35. The van der Waals surface area contributed by atoms with Crippen molar-refractivity contribution in [2.24, 2.45) is 11.8 Å². The zero-order valence-corrected chi connectivity index (χ0v) is 19.4. The zero-order chi connectivity index (χ0) is 23.9. The van der Waals surface area contributed by atoms with Gasteiger partial charge in [-0.2, -0.15) is 0 Å². The predicted octanol–water partition coefficient (Wildman–Crippen LogP) is 2.10. The molecule has 1 aromatic rings. The third-order valence-electron chi connectivity index (χ3n) is 7.07. The Kier molecular flexibility index (Phi) is 6.22. The lowest BCUT2D eigenvalue weighted by atomic mass is 9.77. The zero-order valence-electron chi connectivity index (χ0n) is 18.6. The molecule has 2 fully saturated rings. The lowest BCUT2D eigenvalue weighted by molar-refractivity contribution is -0.154. The number of ether oxygens (including phenoxy) is 2. The molecule has 5 atom stereocenters. The van der Waals surface area contributed by atoms with Crippen LogP contribution >= 0.6 is 11.6 Å². The Morgan fingerprint density at radius 1 is 1.12 bits per heavy atom. The molecule has 0 bridgehead atoms. The Morgan fingerprint density at radius 3 is 2.74 bits per heavy atom. The number of aliphatic hydroxyl groups is 1. The number of nitrogens with zero attached hydrogens (tertiary/aromatic N) is 2. The molecular formula is C25H27ClN2O6. The van der Waals surface area contributed by atoms with E-state index in [0.717, 1.165) is 0 Å². The van der Waals surface area contributed by atoms with E-state index < -0.39 is 35.6 Å². The van der Waals surface area contributed by atoms with Crippen molar-refractivity contribution in [3.8, 4) is 0 Å². The number of hydrogen-bond acceptors (Lipinski definition) is 6. The molecule has 1 aromatic carbocycles. The summed E-state index contributed by atoms with van der Waals surface area (Å²) >= 11 is 6.42. The Balaban J connectivity index is 1.60. The summed E-state index contributed by atoms with van der Waals surface area (Å²) in [6.07, 6.45) is 8.21. The van der Waals surface area contributed by atoms with Crippen LogP contribution in [0.15, 0.2) is 48.6 Å². The summed E-state index contributed by atoms with van der Waals surface area (Å²) < 4.78 is 11.9. The maximum absolute atomic E-state index is 14.1. The Hall–Kier alpha value is -2.68. The van der Waals surface area contributed by atoms with Crippen LogP contribution < -0.4 is 4.90 Å². The number of benzene rings is 1. The SMILES string of the molecule is O=C1OCCC=C[C@@H]2O[C@]34C=CCN(c5ccccc5Cl)C(=O)C3N(CCCCO)C(=O)[C@@H]4[C@H]12. The van der Waals surface area contributed by atoms with Crippen LogP contribution in [0.1, 0.15) is 19.3 Å². The van der Waals surface area contributed by atoms with Crippen molar-refractivity contribution in [1.29, 1.82) is 0 Å². The molecule has 5 rings (SSSR count). The summed E-state index contributed by atoms with van der Waals surface area (Å²) in [4.78, 5) is 44.0. The molecule has 2 saturated heterocycles. The first kappa shape index (κ1) is 23.1. The van der Waals surface area contributed by atoms with Gasteiger partial charge in [0, 0.05) is 19.7 Å². The maximum Gasteiger partial charge on any atom is 0.312 e. The number of amides is 2. The molecule has 0 aliphatic carbocycles. The van der Waals surface area contributed by atoms with Gasteiger partial charge in [-0.15, -0.1) is 0 Å². The highest BCUT2D eigenvalue weighted by atomic mass is 35.5. The van der Waals surface area contributed by atoms with Crippen LogP contribution in [0.5, 0.6) is 0 Å². The van der Waals surface area contributed by atoms with Gasteiger partial charge < -0.3 is 24.4 Å². The molecule has 4 heterocycles. The lowest BCUT2D eigenvalue weighted by Crippen LogP contribution is -2.55. The number of para-hydroxylation sites is 1. The fourth-order valence-corrected chi connectivity index (χ4v) is 5.87. The van der Waals surface area contributed by atoms with Crippen molar-refractivity contribution in [3.05, 3.63) is 53.6 Å². The van der Waals surface area contributed by atoms with Crippen molar-refractivity contribution in [2.75, 3.05) is 31.2 Å². The Morgan fingerprint density at radius 2 is 1.94 bits per heavy atom. The molecule has 4 aliphatic rings.